The lowest BCUT2D eigenvalue weighted by Crippen LogP contribution is -2.26. The van der Waals surface area contributed by atoms with Crippen molar-refractivity contribution >= 4 is 11.7 Å². The first-order valence-corrected chi connectivity index (χ1v) is 6.28. The molecule has 0 saturated heterocycles. The van der Waals surface area contributed by atoms with Crippen LogP contribution < -0.4 is 10.1 Å². The van der Waals surface area contributed by atoms with E-state index in [4.69, 9.17) is 4.74 Å². The number of nitrogens with zero attached hydrogens (tertiary/aromatic N) is 1. The molecule has 0 saturated carbocycles. The summed E-state index contributed by atoms with van der Waals surface area (Å²) in [5.74, 6) is 1.14. The van der Waals surface area contributed by atoms with Crippen LogP contribution in [0.3, 0.4) is 0 Å². The number of hydrogen-bond acceptors (Lipinski definition) is 3. The van der Waals surface area contributed by atoms with Crippen molar-refractivity contribution < 1.29 is 9.53 Å². The molecular formula is C14H15N3O2. The van der Waals surface area contributed by atoms with Gasteiger partial charge in [-0.2, -0.15) is 5.10 Å². The number of carbonyl (C=O) groups is 1. The first-order valence-electron chi connectivity index (χ1n) is 6.28. The second kappa shape index (κ2) is 4.76. The van der Waals surface area contributed by atoms with Gasteiger partial charge in [0.15, 0.2) is 5.82 Å². The van der Waals surface area contributed by atoms with E-state index in [1.807, 2.05) is 37.3 Å². The third-order valence-electron chi connectivity index (χ3n) is 3.23. The number of nitrogens with one attached hydrogen (secondary N) is 2. The van der Waals surface area contributed by atoms with Gasteiger partial charge in [0.2, 0.25) is 5.91 Å². The van der Waals surface area contributed by atoms with Gasteiger partial charge < -0.3 is 10.1 Å². The van der Waals surface area contributed by atoms with Crippen LogP contribution in [-0.2, 0) is 4.79 Å². The molecule has 0 aliphatic carbocycles. The summed E-state index contributed by atoms with van der Waals surface area (Å²) in [5, 5.41) is 9.66. The second-order valence-electron chi connectivity index (χ2n) is 4.65. The topological polar surface area (TPSA) is 67.0 Å². The van der Waals surface area contributed by atoms with Crippen LogP contribution >= 0.6 is 0 Å². The Kier molecular flexibility index (Phi) is 2.95. The molecule has 0 spiro atoms. The summed E-state index contributed by atoms with van der Waals surface area (Å²) in [6, 6.07) is 9.48. The van der Waals surface area contributed by atoms with Gasteiger partial charge in [-0.15, -0.1) is 0 Å². The molecule has 3 rings (SSSR count). The van der Waals surface area contributed by atoms with E-state index in [-0.39, 0.29) is 11.8 Å². The van der Waals surface area contributed by atoms with Gasteiger partial charge in [0.05, 0.1) is 12.5 Å². The fourth-order valence-electron chi connectivity index (χ4n) is 2.31. The molecule has 1 unspecified atom stereocenters. The molecule has 5 nitrogen and oxygen atoms in total. The second-order valence-corrected chi connectivity index (χ2v) is 4.65. The van der Waals surface area contributed by atoms with Crippen molar-refractivity contribution in [2.75, 3.05) is 11.9 Å². The van der Waals surface area contributed by atoms with Crippen molar-refractivity contribution in [2.45, 2.75) is 19.3 Å². The third-order valence-corrected chi connectivity index (χ3v) is 3.23. The van der Waals surface area contributed by atoms with Crippen LogP contribution in [0.15, 0.2) is 30.3 Å². The van der Waals surface area contributed by atoms with Gasteiger partial charge in [0.1, 0.15) is 5.75 Å². The first kappa shape index (κ1) is 11.8. The summed E-state index contributed by atoms with van der Waals surface area (Å²) in [4.78, 5) is 12.3. The summed E-state index contributed by atoms with van der Waals surface area (Å²) in [5.41, 5.74) is 1.86. The van der Waals surface area contributed by atoms with Crippen molar-refractivity contribution in [2.24, 2.45) is 0 Å². The van der Waals surface area contributed by atoms with Crippen LogP contribution in [0, 0.1) is 6.92 Å². The van der Waals surface area contributed by atoms with E-state index >= 15 is 0 Å². The predicted octanol–water partition coefficient (Wildman–Crippen LogP) is 2.22. The molecule has 1 atom stereocenters. The van der Waals surface area contributed by atoms with Crippen LogP contribution in [0.1, 0.15) is 23.6 Å². The normalized spacial score (nSPS) is 17.4. The molecule has 0 bridgehead atoms. The van der Waals surface area contributed by atoms with E-state index in [9.17, 15) is 4.79 Å². The summed E-state index contributed by atoms with van der Waals surface area (Å²) < 4.78 is 5.56. The van der Waals surface area contributed by atoms with E-state index < -0.39 is 0 Å². The van der Waals surface area contributed by atoms with Crippen molar-refractivity contribution in [1.29, 1.82) is 0 Å². The van der Waals surface area contributed by atoms with E-state index in [1.165, 1.54) is 0 Å². The Bertz CT molecular complexity index is 606. The molecule has 1 amide bonds. The van der Waals surface area contributed by atoms with Gasteiger partial charge in [-0.25, -0.2) is 0 Å². The van der Waals surface area contributed by atoms with Crippen LogP contribution in [0.4, 0.5) is 5.82 Å². The smallest absolute Gasteiger partial charge is 0.233 e. The van der Waals surface area contributed by atoms with E-state index in [1.54, 1.807) is 0 Å². The van der Waals surface area contributed by atoms with E-state index in [0.717, 1.165) is 17.0 Å². The van der Waals surface area contributed by atoms with Gasteiger partial charge in [-0.05, 0) is 19.4 Å². The van der Waals surface area contributed by atoms with Gasteiger partial charge in [-0.1, -0.05) is 18.2 Å². The maximum Gasteiger partial charge on any atom is 0.233 e. The molecule has 0 radical (unpaired) electrons. The molecule has 1 aromatic carbocycles. The molecule has 1 aliphatic rings. The number of rotatable bonds is 2. The molecule has 1 aromatic heterocycles. The highest BCUT2D eigenvalue weighted by molar-refractivity contribution is 5.95. The maximum atomic E-state index is 12.3. The fourth-order valence-corrected chi connectivity index (χ4v) is 2.31. The van der Waals surface area contributed by atoms with E-state index in [2.05, 4.69) is 15.5 Å². The summed E-state index contributed by atoms with van der Waals surface area (Å²) in [6.07, 6.45) is 0.687. The summed E-state index contributed by atoms with van der Waals surface area (Å²) in [6.45, 7) is 2.46. The number of ether oxygens (including phenoxy) is 1. The Morgan fingerprint density at radius 3 is 3.11 bits per heavy atom. The molecule has 1 aliphatic heterocycles. The number of carbonyl (C=O) groups excluding carboxylic acids is 1. The van der Waals surface area contributed by atoms with Crippen molar-refractivity contribution in [3.05, 3.63) is 41.6 Å². The van der Waals surface area contributed by atoms with Crippen LogP contribution in [0.5, 0.6) is 5.75 Å². The number of H-pyrrole nitrogens is 1. The van der Waals surface area contributed by atoms with E-state index in [0.29, 0.717) is 18.8 Å². The SMILES string of the molecule is Cc1cc(NC(=O)C2CCOc3ccccc32)n[nH]1. The lowest BCUT2D eigenvalue weighted by molar-refractivity contribution is -0.118. The number of anilines is 1. The zero-order valence-electron chi connectivity index (χ0n) is 10.6. The Morgan fingerprint density at radius 2 is 2.32 bits per heavy atom. The van der Waals surface area contributed by atoms with Gasteiger partial charge in [0.25, 0.3) is 0 Å². The Balaban J connectivity index is 1.81. The summed E-state index contributed by atoms with van der Waals surface area (Å²) in [7, 11) is 0. The number of para-hydroxylation sites is 1. The number of fused-ring (bicyclic) bond motifs is 1. The minimum Gasteiger partial charge on any atom is -0.493 e. The van der Waals surface area contributed by atoms with Crippen molar-refractivity contribution in [1.82, 2.24) is 10.2 Å². The number of benzene rings is 1. The Hall–Kier alpha value is -2.30. The minimum atomic E-state index is -0.179. The first-order chi connectivity index (χ1) is 9.24. The minimum absolute atomic E-state index is 0.0396. The number of aromatic nitrogens is 2. The molecule has 0 fully saturated rings. The maximum absolute atomic E-state index is 12.3. The van der Waals surface area contributed by atoms with Crippen molar-refractivity contribution in [3.8, 4) is 5.75 Å². The highest BCUT2D eigenvalue weighted by Crippen LogP contribution is 2.33. The number of aromatic amines is 1. The standard InChI is InChI=1S/C14H15N3O2/c1-9-8-13(17-16-9)15-14(18)11-6-7-19-12-5-3-2-4-10(11)12/h2-5,8,11H,6-7H2,1H3,(H2,15,16,17,18). The Morgan fingerprint density at radius 1 is 1.47 bits per heavy atom. The van der Waals surface area contributed by atoms with Crippen LogP contribution in [0.25, 0.3) is 0 Å². The molecule has 98 valence electrons. The zero-order valence-corrected chi connectivity index (χ0v) is 10.6. The average Bonchev–Trinajstić information content (AvgIpc) is 2.83. The van der Waals surface area contributed by atoms with Crippen LogP contribution in [0.2, 0.25) is 0 Å². The largest absolute Gasteiger partial charge is 0.493 e. The predicted molar refractivity (Wildman–Crippen MR) is 71.2 cm³/mol. The molecular weight excluding hydrogens is 242 g/mol. The molecule has 2 heterocycles. The monoisotopic (exact) mass is 257 g/mol. The van der Waals surface area contributed by atoms with Gasteiger partial charge >= 0.3 is 0 Å². The zero-order chi connectivity index (χ0) is 13.2. The third kappa shape index (κ3) is 2.31. The van der Waals surface area contributed by atoms with Gasteiger partial charge in [0, 0.05) is 17.3 Å². The number of amides is 1. The quantitative estimate of drug-likeness (QED) is 0.866. The lowest BCUT2D eigenvalue weighted by atomic mass is 9.92. The van der Waals surface area contributed by atoms with Crippen molar-refractivity contribution in [3.63, 3.8) is 0 Å². The molecule has 5 heteroatoms. The Labute approximate surface area is 111 Å². The van der Waals surface area contributed by atoms with Crippen LogP contribution in [-0.4, -0.2) is 22.7 Å². The van der Waals surface area contributed by atoms with Gasteiger partial charge in [-0.3, -0.25) is 9.89 Å². The highest BCUT2D eigenvalue weighted by atomic mass is 16.5. The molecule has 2 N–H and O–H groups in total. The number of hydrogen-bond donors (Lipinski definition) is 2. The molecule has 2 aromatic rings. The lowest BCUT2D eigenvalue weighted by Gasteiger charge is -2.24. The molecule has 19 heavy (non-hydrogen) atoms. The number of aryl methyl sites for hydroxylation is 1. The average molecular weight is 257 g/mol. The highest BCUT2D eigenvalue weighted by Gasteiger charge is 2.27. The fraction of sp³-hybridized carbons (Fsp3) is 0.286. The summed E-state index contributed by atoms with van der Waals surface area (Å²) >= 11 is 0.